The molecule has 1 aromatic carbocycles. The van der Waals surface area contributed by atoms with E-state index in [1.807, 2.05) is 0 Å². The number of ether oxygens (including phenoxy) is 1. The van der Waals surface area contributed by atoms with Crippen LogP contribution in [-0.2, 0) is 15.1 Å². The van der Waals surface area contributed by atoms with E-state index in [4.69, 9.17) is 11.3 Å². The average molecular weight is 359 g/mol. The van der Waals surface area contributed by atoms with E-state index in [-0.39, 0.29) is 13.1 Å². The Balaban J connectivity index is 1.42. The fraction of sp³-hybridized carbons (Fsp3) is 0.500. The number of aliphatic hydroxyl groups is 1. The Hall–Kier alpha value is -2.66. The van der Waals surface area contributed by atoms with Crippen molar-refractivity contribution in [3.63, 3.8) is 0 Å². The van der Waals surface area contributed by atoms with Crippen molar-refractivity contribution in [3.05, 3.63) is 41.0 Å². The minimum atomic E-state index is -1.27. The van der Waals surface area contributed by atoms with Gasteiger partial charge in [0.1, 0.15) is 17.5 Å². The molecule has 3 fully saturated rings. The fourth-order valence-corrected chi connectivity index (χ4v) is 3.16. The summed E-state index contributed by atoms with van der Waals surface area (Å²) in [4.78, 5) is 28.6. The number of nitrogens with one attached hydrogen (secondary N) is 1. The van der Waals surface area contributed by atoms with Crippen LogP contribution < -0.4 is 10.2 Å². The van der Waals surface area contributed by atoms with Gasteiger partial charge in [0, 0.05) is 12.8 Å². The largest absolute Gasteiger partial charge is 0.442 e. The summed E-state index contributed by atoms with van der Waals surface area (Å²) in [6, 6.07) is 4.41. The zero-order valence-electron chi connectivity index (χ0n) is 14.0. The average Bonchev–Trinajstić information content (AvgIpc) is 3.53. The normalized spacial score (nSPS) is 24.6. The van der Waals surface area contributed by atoms with Crippen LogP contribution in [0.1, 0.15) is 31.2 Å². The van der Waals surface area contributed by atoms with Crippen LogP contribution in [0.15, 0.2) is 18.2 Å². The first kappa shape index (κ1) is 16.8. The maximum absolute atomic E-state index is 14.4. The summed E-state index contributed by atoms with van der Waals surface area (Å²) in [7, 11) is 0. The van der Waals surface area contributed by atoms with Crippen LogP contribution in [0, 0.1) is 12.4 Å². The van der Waals surface area contributed by atoms with Crippen molar-refractivity contribution in [1.29, 1.82) is 0 Å². The molecule has 0 radical (unpaired) electrons. The number of nitrogens with zero attached hydrogens (tertiary/aromatic N) is 2. The molecule has 0 aromatic heterocycles. The van der Waals surface area contributed by atoms with Gasteiger partial charge in [0.05, 0.1) is 24.3 Å². The highest BCUT2D eigenvalue weighted by molar-refractivity contribution is 5.90. The van der Waals surface area contributed by atoms with Crippen LogP contribution in [0.2, 0.25) is 0 Å². The van der Waals surface area contributed by atoms with Gasteiger partial charge in [0.15, 0.2) is 0 Å². The molecule has 1 atom stereocenters. The smallest absolute Gasteiger partial charge is 0.414 e. The topological polar surface area (TPSA) is 83.2 Å². The number of carbonyl (C=O) groups is 2. The minimum Gasteiger partial charge on any atom is -0.442 e. The Morgan fingerprint density at radius 1 is 1.42 bits per heavy atom. The predicted octanol–water partition coefficient (Wildman–Crippen LogP) is 1.70. The molecular weight excluding hydrogens is 341 g/mol. The Bertz CT molecular complexity index is 826. The van der Waals surface area contributed by atoms with Crippen molar-refractivity contribution >= 4 is 17.7 Å². The van der Waals surface area contributed by atoms with Gasteiger partial charge >= 0.3 is 6.09 Å². The van der Waals surface area contributed by atoms with Gasteiger partial charge < -0.3 is 20.0 Å². The lowest BCUT2D eigenvalue weighted by Crippen LogP contribution is -2.41. The van der Waals surface area contributed by atoms with Crippen molar-refractivity contribution in [2.45, 2.75) is 42.9 Å². The van der Waals surface area contributed by atoms with Gasteiger partial charge in [-0.15, -0.1) is 0 Å². The Kier molecular flexibility index (Phi) is 3.66. The van der Waals surface area contributed by atoms with E-state index < -0.39 is 35.1 Å². The SMILES string of the molecule is [C-]#[N+]C1(c2ccc(N3C[C@H](CNC(=O)C4(O)CC4)OC3=O)cc2F)CC1. The molecule has 2 saturated carbocycles. The number of hydrogen-bond acceptors (Lipinski definition) is 4. The van der Waals surface area contributed by atoms with Gasteiger partial charge in [0.2, 0.25) is 0 Å². The van der Waals surface area contributed by atoms with Gasteiger partial charge in [-0.25, -0.2) is 15.8 Å². The van der Waals surface area contributed by atoms with E-state index in [0.29, 0.717) is 36.9 Å². The third-order valence-electron chi connectivity index (χ3n) is 5.21. The molecule has 2 amide bonds. The van der Waals surface area contributed by atoms with Crippen molar-refractivity contribution in [2.75, 3.05) is 18.0 Å². The number of benzene rings is 1. The summed E-state index contributed by atoms with van der Waals surface area (Å²) in [6.07, 6.45) is 0.974. The monoisotopic (exact) mass is 359 g/mol. The molecule has 1 aliphatic heterocycles. The number of amides is 2. The van der Waals surface area contributed by atoms with Gasteiger partial charge in [-0.3, -0.25) is 9.69 Å². The quantitative estimate of drug-likeness (QED) is 0.784. The molecule has 2 aliphatic carbocycles. The van der Waals surface area contributed by atoms with Gasteiger partial charge in [-0.05, 0) is 31.0 Å². The van der Waals surface area contributed by atoms with Gasteiger partial charge in [-0.2, -0.15) is 0 Å². The summed E-state index contributed by atoms with van der Waals surface area (Å²) in [5.41, 5.74) is -1.30. The van der Waals surface area contributed by atoms with Crippen LogP contribution in [0.5, 0.6) is 0 Å². The molecule has 0 bridgehead atoms. The van der Waals surface area contributed by atoms with Crippen LogP contribution in [-0.4, -0.2) is 41.9 Å². The zero-order valence-corrected chi connectivity index (χ0v) is 14.0. The summed E-state index contributed by atoms with van der Waals surface area (Å²) in [6.45, 7) is 7.49. The van der Waals surface area contributed by atoms with E-state index in [0.717, 1.165) is 0 Å². The molecule has 1 saturated heterocycles. The third kappa shape index (κ3) is 2.78. The Morgan fingerprint density at radius 2 is 2.15 bits per heavy atom. The van der Waals surface area contributed by atoms with E-state index in [1.54, 1.807) is 12.1 Å². The van der Waals surface area contributed by atoms with Crippen molar-refractivity contribution in [1.82, 2.24) is 5.32 Å². The number of halogens is 1. The molecule has 0 unspecified atom stereocenters. The van der Waals surface area contributed by atoms with Crippen molar-refractivity contribution < 1.29 is 23.8 Å². The predicted molar refractivity (Wildman–Crippen MR) is 88.7 cm³/mol. The van der Waals surface area contributed by atoms with Crippen LogP contribution in [0.25, 0.3) is 4.85 Å². The summed E-state index contributed by atoms with van der Waals surface area (Å²) < 4.78 is 19.6. The second-order valence-electron chi connectivity index (χ2n) is 7.17. The van der Waals surface area contributed by atoms with Crippen LogP contribution >= 0.6 is 0 Å². The second kappa shape index (κ2) is 5.68. The molecule has 1 aromatic rings. The standard InChI is InChI=1S/C18H18FN3O4/c1-20-17(4-5-17)13-3-2-11(8-14(13)19)22-10-12(26-16(22)24)9-21-15(23)18(25)6-7-18/h2-3,8,12,25H,4-7,9-10H2,(H,21,23)/t12-/m0/s1. The molecule has 26 heavy (non-hydrogen) atoms. The van der Waals surface area contributed by atoms with Gasteiger partial charge in [0.25, 0.3) is 11.4 Å². The Morgan fingerprint density at radius 3 is 2.73 bits per heavy atom. The molecule has 136 valence electrons. The maximum Gasteiger partial charge on any atom is 0.414 e. The van der Waals surface area contributed by atoms with Gasteiger partial charge in [-0.1, -0.05) is 0 Å². The molecule has 2 N–H and O–H groups in total. The lowest BCUT2D eigenvalue weighted by atomic mass is 10.0. The number of cyclic esters (lactones) is 1. The molecular formula is C18H18FN3O4. The highest BCUT2D eigenvalue weighted by atomic mass is 19.1. The van der Waals surface area contributed by atoms with E-state index >= 15 is 0 Å². The van der Waals surface area contributed by atoms with E-state index in [9.17, 15) is 19.1 Å². The van der Waals surface area contributed by atoms with E-state index in [1.165, 1.54) is 11.0 Å². The molecule has 4 rings (SSSR count). The van der Waals surface area contributed by atoms with Crippen molar-refractivity contribution in [3.8, 4) is 0 Å². The number of anilines is 1. The zero-order chi connectivity index (χ0) is 18.5. The first-order valence-electron chi connectivity index (χ1n) is 8.54. The van der Waals surface area contributed by atoms with Crippen LogP contribution in [0.3, 0.4) is 0 Å². The highest BCUT2D eigenvalue weighted by Gasteiger charge is 2.54. The first-order chi connectivity index (χ1) is 12.4. The highest BCUT2D eigenvalue weighted by Crippen LogP contribution is 2.50. The maximum atomic E-state index is 14.4. The summed E-state index contributed by atoms with van der Waals surface area (Å²) in [5, 5.41) is 12.3. The number of carbonyl (C=O) groups excluding carboxylic acids is 2. The lowest BCUT2D eigenvalue weighted by molar-refractivity contribution is -0.131. The Labute approximate surface area is 149 Å². The molecule has 1 heterocycles. The number of hydrogen-bond donors (Lipinski definition) is 2. The third-order valence-corrected chi connectivity index (χ3v) is 5.21. The molecule has 0 spiro atoms. The lowest BCUT2D eigenvalue weighted by Gasteiger charge is -2.15. The second-order valence-corrected chi connectivity index (χ2v) is 7.17. The van der Waals surface area contributed by atoms with Crippen LogP contribution in [0.4, 0.5) is 14.9 Å². The first-order valence-corrected chi connectivity index (χ1v) is 8.54. The molecule has 8 heteroatoms. The summed E-state index contributed by atoms with van der Waals surface area (Å²) in [5.74, 6) is -0.965. The molecule has 7 nitrogen and oxygen atoms in total. The summed E-state index contributed by atoms with van der Waals surface area (Å²) >= 11 is 0. The van der Waals surface area contributed by atoms with Crippen molar-refractivity contribution in [2.24, 2.45) is 0 Å². The number of rotatable bonds is 5. The van der Waals surface area contributed by atoms with E-state index in [2.05, 4.69) is 10.2 Å². The minimum absolute atomic E-state index is 0.0881. The fourth-order valence-electron chi connectivity index (χ4n) is 3.16. The molecule has 3 aliphatic rings.